The van der Waals surface area contributed by atoms with Crippen LogP contribution in [0.25, 0.3) is 0 Å². The second-order valence-corrected chi connectivity index (χ2v) is 7.22. The van der Waals surface area contributed by atoms with E-state index in [0.717, 1.165) is 0 Å². The van der Waals surface area contributed by atoms with E-state index in [1.54, 1.807) is 0 Å². The SMILES string of the molecule is O=P([O-])(O)OP(=O)(O)O.O=P([O-])(O)OP(=O)(O)O.[Ca+2]. The van der Waals surface area contributed by atoms with E-state index in [0.29, 0.717) is 0 Å². The second kappa shape index (κ2) is 9.04. The summed E-state index contributed by atoms with van der Waals surface area (Å²) in [6, 6.07) is 0. The van der Waals surface area contributed by atoms with Gasteiger partial charge in [0.1, 0.15) is 0 Å². The van der Waals surface area contributed by atoms with Crippen molar-refractivity contribution in [2.75, 3.05) is 0 Å². The van der Waals surface area contributed by atoms with Crippen LogP contribution in [0.3, 0.4) is 0 Å². The first-order chi connectivity index (χ1) is 7.41. The van der Waals surface area contributed by atoms with Crippen molar-refractivity contribution >= 4 is 69.0 Å². The molecule has 19 heteroatoms. The Bertz CT molecular complexity index is 342. The van der Waals surface area contributed by atoms with E-state index in [1.807, 2.05) is 0 Å². The molecule has 0 aliphatic rings. The molecule has 0 aliphatic carbocycles. The zero-order valence-electron chi connectivity index (χ0n) is 8.45. The maximum absolute atomic E-state index is 9.59. The summed E-state index contributed by atoms with van der Waals surface area (Å²) >= 11 is 0. The molecule has 0 rings (SSSR count). The van der Waals surface area contributed by atoms with Crippen LogP contribution in [0.4, 0.5) is 0 Å². The van der Waals surface area contributed by atoms with Gasteiger partial charge in [0.2, 0.25) is 0 Å². The number of rotatable bonds is 4. The predicted octanol–water partition coefficient (Wildman–Crippen LogP) is -3.27. The summed E-state index contributed by atoms with van der Waals surface area (Å²) in [6.45, 7) is 0. The standard InChI is InChI=1S/Ca.2H4O7P2/c;2*1-8(2,3)7-9(4,5)6/h;2*(H2,1,2,3)(H2,4,5,6)/q+2;;/p-2. The summed E-state index contributed by atoms with van der Waals surface area (Å²) in [7, 11) is -20.8. The van der Waals surface area contributed by atoms with Crippen LogP contribution in [0, 0.1) is 0 Å². The van der Waals surface area contributed by atoms with Crippen molar-refractivity contribution in [1.82, 2.24) is 0 Å². The Balaban J connectivity index is -0.000000256. The molecule has 0 aromatic carbocycles. The molecule has 0 aromatic rings. The normalized spacial score (nSPS) is 18.1. The van der Waals surface area contributed by atoms with Crippen molar-refractivity contribution < 1.29 is 66.0 Å². The van der Waals surface area contributed by atoms with E-state index >= 15 is 0 Å². The Morgan fingerprint density at radius 1 is 0.632 bits per heavy atom. The van der Waals surface area contributed by atoms with E-state index in [9.17, 15) is 28.0 Å². The van der Waals surface area contributed by atoms with Crippen LogP contribution in [0.1, 0.15) is 0 Å². The molecule has 0 radical (unpaired) electrons. The zero-order valence-corrected chi connectivity index (χ0v) is 14.2. The molecule has 0 bridgehead atoms. The summed E-state index contributed by atoms with van der Waals surface area (Å²) in [6.07, 6.45) is 0. The molecule has 0 aliphatic heterocycles. The summed E-state index contributed by atoms with van der Waals surface area (Å²) in [5, 5.41) is 0. The Morgan fingerprint density at radius 3 is 0.789 bits per heavy atom. The molecule has 0 saturated carbocycles. The first-order valence-corrected chi connectivity index (χ1v) is 9.08. The summed E-state index contributed by atoms with van der Waals surface area (Å²) in [4.78, 5) is 65.1. The minimum absolute atomic E-state index is 0. The van der Waals surface area contributed by atoms with Gasteiger partial charge in [-0.1, -0.05) is 0 Å². The van der Waals surface area contributed by atoms with Gasteiger partial charge in [0.15, 0.2) is 0 Å². The monoisotopic (exact) mass is 394 g/mol. The Labute approximate surface area is 134 Å². The van der Waals surface area contributed by atoms with Crippen molar-refractivity contribution in [2.45, 2.75) is 0 Å². The van der Waals surface area contributed by atoms with Crippen LogP contribution in [-0.2, 0) is 26.9 Å². The van der Waals surface area contributed by atoms with Gasteiger partial charge in [-0.2, -0.15) is 0 Å². The van der Waals surface area contributed by atoms with Crippen LogP contribution < -0.4 is 9.79 Å². The summed E-state index contributed by atoms with van der Waals surface area (Å²) in [5.41, 5.74) is 0. The zero-order chi connectivity index (χ0) is 15.4. The molecule has 0 heterocycles. The Morgan fingerprint density at radius 2 is 0.789 bits per heavy atom. The Kier molecular flexibility index (Phi) is 12.2. The number of hydrogen-bond donors (Lipinski definition) is 6. The molecular formula is H6CaO14P4. The van der Waals surface area contributed by atoms with Crippen LogP contribution in [-0.4, -0.2) is 67.1 Å². The van der Waals surface area contributed by atoms with Crippen LogP contribution in [0.2, 0.25) is 0 Å². The van der Waals surface area contributed by atoms with Gasteiger partial charge in [-0.15, -0.1) is 0 Å². The Hall–Kier alpha value is 1.78. The summed E-state index contributed by atoms with van der Waals surface area (Å²) in [5.74, 6) is 0. The minimum atomic E-state index is -5.30. The molecule has 0 aromatic heterocycles. The molecular weight excluding hydrogens is 388 g/mol. The molecule has 112 valence electrons. The van der Waals surface area contributed by atoms with Crippen LogP contribution in [0.15, 0.2) is 0 Å². The van der Waals surface area contributed by atoms with Gasteiger partial charge in [0, 0.05) is 0 Å². The fraction of sp³-hybridized carbons (Fsp3) is 0. The molecule has 2 unspecified atom stereocenters. The first kappa shape index (κ1) is 25.7. The molecule has 14 nitrogen and oxygen atoms in total. The molecule has 0 spiro atoms. The largest absolute Gasteiger partial charge is 2.00 e. The second-order valence-electron chi connectivity index (χ2n) is 2.08. The van der Waals surface area contributed by atoms with E-state index in [2.05, 4.69) is 8.62 Å². The van der Waals surface area contributed by atoms with Gasteiger partial charge in [0.05, 0.1) is 0 Å². The van der Waals surface area contributed by atoms with Crippen molar-refractivity contribution in [3.05, 3.63) is 0 Å². The van der Waals surface area contributed by atoms with E-state index < -0.39 is 31.3 Å². The van der Waals surface area contributed by atoms with Crippen LogP contribution >= 0.6 is 31.3 Å². The maximum atomic E-state index is 9.59. The quantitative estimate of drug-likeness (QED) is 0.202. The van der Waals surface area contributed by atoms with Gasteiger partial charge in [-0.25, -0.2) is 17.8 Å². The fourth-order valence-corrected chi connectivity index (χ4v) is 2.42. The van der Waals surface area contributed by atoms with Crippen molar-refractivity contribution in [3.8, 4) is 0 Å². The van der Waals surface area contributed by atoms with Gasteiger partial charge in [-0.05, 0) is 0 Å². The predicted molar refractivity (Wildman–Crippen MR) is 51.7 cm³/mol. The molecule has 0 saturated heterocycles. The van der Waals surface area contributed by atoms with E-state index in [-0.39, 0.29) is 37.7 Å². The van der Waals surface area contributed by atoms with Gasteiger partial charge in [0.25, 0.3) is 15.6 Å². The number of phosphoric acid groups is 4. The third-order valence-electron chi connectivity index (χ3n) is 0.419. The first-order valence-electron chi connectivity index (χ1n) is 3.03. The van der Waals surface area contributed by atoms with Gasteiger partial charge >= 0.3 is 53.4 Å². The maximum Gasteiger partial charge on any atom is 2.00 e. The molecule has 6 N–H and O–H groups in total. The summed E-state index contributed by atoms with van der Waals surface area (Å²) < 4.78 is 43.9. The molecule has 2 atom stereocenters. The average molecular weight is 394 g/mol. The topological polar surface area (TPSA) is 254 Å². The minimum Gasteiger partial charge on any atom is -0.756 e. The number of hydrogen-bond acceptors (Lipinski definition) is 8. The van der Waals surface area contributed by atoms with Crippen molar-refractivity contribution in [1.29, 1.82) is 0 Å². The van der Waals surface area contributed by atoms with Crippen molar-refractivity contribution in [3.63, 3.8) is 0 Å². The van der Waals surface area contributed by atoms with Crippen LogP contribution in [0.5, 0.6) is 0 Å². The van der Waals surface area contributed by atoms with E-state index in [4.69, 9.17) is 29.4 Å². The third kappa shape index (κ3) is 32.9. The third-order valence-corrected chi connectivity index (χ3v) is 3.77. The van der Waals surface area contributed by atoms with Crippen molar-refractivity contribution in [2.24, 2.45) is 0 Å². The van der Waals surface area contributed by atoms with E-state index in [1.165, 1.54) is 0 Å². The van der Waals surface area contributed by atoms with Gasteiger partial charge in [-0.3, -0.25) is 9.13 Å². The molecule has 0 fully saturated rings. The molecule has 19 heavy (non-hydrogen) atoms. The molecule has 0 amide bonds. The fourth-order valence-electron chi connectivity index (χ4n) is 0.269. The smallest absolute Gasteiger partial charge is 0.756 e. The van der Waals surface area contributed by atoms with Gasteiger partial charge < -0.3 is 39.1 Å². The average Bonchev–Trinajstić information content (AvgIpc) is 1.64.